The summed E-state index contributed by atoms with van der Waals surface area (Å²) in [5.74, 6) is -2.24. The summed E-state index contributed by atoms with van der Waals surface area (Å²) < 4.78 is 49.0. The maximum absolute atomic E-state index is 12.7. The van der Waals surface area contributed by atoms with Crippen LogP contribution in [0.1, 0.15) is 0 Å². The van der Waals surface area contributed by atoms with Crippen LogP contribution in [-0.4, -0.2) is 26.8 Å². The van der Waals surface area contributed by atoms with Crippen LogP contribution in [0.3, 0.4) is 0 Å². The Kier molecular flexibility index (Phi) is 2.86. The van der Waals surface area contributed by atoms with Crippen molar-refractivity contribution in [1.82, 2.24) is 4.31 Å². The lowest BCUT2D eigenvalue weighted by molar-refractivity contribution is 0.498. The SMILES string of the molecule is CN(C)S(=O)(=O)c1ccc(F)c(F)c1. The Morgan fingerprint density at radius 2 is 1.71 bits per heavy atom. The van der Waals surface area contributed by atoms with E-state index in [2.05, 4.69) is 0 Å². The van der Waals surface area contributed by atoms with Crippen molar-refractivity contribution in [3.8, 4) is 0 Å². The van der Waals surface area contributed by atoms with Crippen molar-refractivity contribution in [3.05, 3.63) is 29.8 Å². The Morgan fingerprint density at radius 1 is 1.14 bits per heavy atom. The molecule has 6 heteroatoms. The maximum atomic E-state index is 12.7. The van der Waals surface area contributed by atoms with E-state index in [4.69, 9.17) is 0 Å². The van der Waals surface area contributed by atoms with Crippen LogP contribution in [0.2, 0.25) is 0 Å². The number of rotatable bonds is 2. The number of nitrogens with zero attached hydrogens (tertiary/aromatic N) is 1. The molecule has 0 aliphatic rings. The molecular weight excluding hydrogens is 212 g/mol. The standard InChI is InChI=1S/C8H9F2NO2S/c1-11(2)14(12,13)6-3-4-7(9)8(10)5-6/h3-5H,1-2H3. The van der Waals surface area contributed by atoms with Gasteiger partial charge in [-0.1, -0.05) is 0 Å². The first kappa shape index (κ1) is 11.1. The minimum Gasteiger partial charge on any atom is -0.207 e. The summed E-state index contributed by atoms with van der Waals surface area (Å²) in [5, 5.41) is 0. The Morgan fingerprint density at radius 3 is 2.14 bits per heavy atom. The highest BCUT2D eigenvalue weighted by Gasteiger charge is 2.18. The predicted molar refractivity (Wildman–Crippen MR) is 47.2 cm³/mol. The fourth-order valence-corrected chi connectivity index (χ4v) is 1.76. The van der Waals surface area contributed by atoms with Gasteiger partial charge in [0.25, 0.3) is 0 Å². The molecule has 0 radical (unpaired) electrons. The molecule has 0 N–H and O–H groups in total. The van der Waals surface area contributed by atoms with Crippen LogP contribution in [0.25, 0.3) is 0 Å². The molecule has 0 aromatic heterocycles. The largest absolute Gasteiger partial charge is 0.242 e. The zero-order valence-electron chi connectivity index (χ0n) is 7.66. The molecule has 78 valence electrons. The highest BCUT2D eigenvalue weighted by atomic mass is 32.2. The molecule has 0 atom stereocenters. The summed E-state index contributed by atoms with van der Waals surface area (Å²) in [6, 6.07) is 2.46. The van der Waals surface area contributed by atoms with Crippen molar-refractivity contribution in [2.75, 3.05) is 14.1 Å². The molecule has 0 unspecified atom stereocenters. The third-order valence-corrected chi connectivity index (χ3v) is 3.48. The van der Waals surface area contributed by atoms with E-state index < -0.39 is 21.7 Å². The summed E-state index contributed by atoms with van der Waals surface area (Å²) in [4.78, 5) is -0.263. The molecule has 0 amide bonds. The van der Waals surface area contributed by atoms with Crippen LogP contribution in [0, 0.1) is 11.6 Å². The van der Waals surface area contributed by atoms with Crippen LogP contribution in [0.5, 0.6) is 0 Å². The minimum atomic E-state index is -3.69. The lowest BCUT2D eigenvalue weighted by Crippen LogP contribution is -2.22. The molecule has 3 nitrogen and oxygen atoms in total. The van der Waals surface area contributed by atoms with Crippen molar-refractivity contribution in [2.45, 2.75) is 4.90 Å². The van der Waals surface area contributed by atoms with E-state index in [-0.39, 0.29) is 4.90 Å². The molecule has 1 aromatic rings. The molecular formula is C8H9F2NO2S. The number of benzene rings is 1. The van der Waals surface area contributed by atoms with Crippen LogP contribution >= 0.6 is 0 Å². The third-order valence-electron chi connectivity index (χ3n) is 1.67. The van der Waals surface area contributed by atoms with Crippen molar-refractivity contribution in [3.63, 3.8) is 0 Å². The average molecular weight is 221 g/mol. The van der Waals surface area contributed by atoms with Gasteiger partial charge >= 0.3 is 0 Å². The van der Waals surface area contributed by atoms with Crippen LogP contribution in [0.4, 0.5) is 8.78 Å². The molecule has 0 heterocycles. The molecule has 0 bridgehead atoms. The molecule has 0 aliphatic heterocycles. The highest BCUT2D eigenvalue weighted by molar-refractivity contribution is 7.89. The zero-order valence-corrected chi connectivity index (χ0v) is 8.48. The lowest BCUT2D eigenvalue weighted by atomic mass is 10.3. The third kappa shape index (κ3) is 1.91. The molecule has 0 fully saturated rings. The molecule has 0 saturated carbocycles. The number of hydrogen-bond acceptors (Lipinski definition) is 2. The van der Waals surface area contributed by atoms with Gasteiger partial charge in [0.2, 0.25) is 10.0 Å². The van der Waals surface area contributed by atoms with Gasteiger partial charge in [0, 0.05) is 14.1 Å². The minimum absolute atomic E-state index is 0.263. The average Bonchev–Trinajstić information content (AvgIpc) is 2.09. The Bertz CT molecular complexity index is 443. The molecule has 0 spiro atoms. The normalized spacial score (nSPS) is 12.1. The van der Waals surface area contributed by atoms with Crippen molar-refractivity contribution in [1.29, 1.82) is 0 Å². The van der Waals surface area contributed by atoms with Gasteiger partial charge in [0.1, 0.15) is 0 Å². The van der Waals surface area contributed by atoms with Crippen LogP contribution in [0.15, 0.2) is 23.1 Å². The Hall–Kier alpha value is -1.01. The second kappa shape index (κ2) is 3.62. The smallest absolute Gasteiger partial charge is 0.207 e. The second-order valence-electron chi connectivity index (χ2n) is 2.86. The maximum Gasteiger partial charge on any atom is 0.242 e. The molecule has 14 heavy (non-hydrogen) atoms. The van der Waals surface area contributed by atoms with E-state index in [1.54, 1.807) is 0 Å². The van der Waals surface area contributed by atoms with Crippen molar-refractivity contribution >= 4 is 10.0 Å². The highest BCUT2D eigenvalue weighted by Crippen LogP contribution is 2.16. The lowest BCUT2D eigenvalue weighted by Gasteiger charge is -2.10. The number of halogens is 2. The molecule has 0 saturated heterocycles. The molecule has 1 rings (SSSR count). The molecule has 1 aromatic carbocycles. The van der Waals surface area contributed by atoms with E-state index in [0.717, 1.165) is 16.4 Å². The first-order chi connectivity index (χ1) is 6.35. The predicted octanol–water partition coefficient (Wildman–Crippen LogP) is 1.22. The van der Waals surface area contributed by atoms with Crippen LogP contribution in [-0.2, 0) is 10.0 Å². The van der Waals surface area contributed by atoms with Gasteiger partial charge in [-0.15, -0.1) is 0 Å². The van der Waals surface area contributed by atoms with Gasteiger partial charge in [-0.25, -0.2) is 21.5 Å². The number of sulfonamides is 1. The fraction of sp³-hybridized carbons (Fsp3) is 0.250. The summed E-state index contributed by atoms with van der Waals surface area (Å²) in [7, 11) is -1.06. The molecule has 0 aliphatic carbocycles. The zero-order chi connectivity index (χ0) is 10.9. The quantitative estimate of drug-likeness (QED) is 0.752. The summed E-state index contributed by atoms with van der Waals surface area (Å²) in [5.41, 5.74) is 0. The van der Waals surface area contributed by atoms with Crippen molar-refractivity contribution < 1.29 is 17.2 Å². The van der Waals surface area contributed by atoms with Crippen LogP contribution < -0.4 is 0 Å². The van der Waals surface area contributed by atoms with E-state index in [9.17, 15) is 17.2 Å². The van der Waals surface area contributed by atoms with Gasteiger partial charge in [0.05, 0.1) is 4.90 Å². The van der Waals surface area contributed by atoms with E-state index in [1.165, 1.54) is 14.1 Å². The Labute approximate surface area is 81.0 Å². The summed E-state index contributed by atoms with van der Waals surface area (Å²) in [6.45, 7) is 0. The van der Waals surface area contributed by atoms with Gasteiger partial charge < -0.3 is 0 Å². The van der Waals surface area contributed by atoms with Gasteiger partial charge in [-0.3, -0.25) is 0 Å². The van der Waals surface area contributed by atoms with Crippen molar-refractivity contribution in [2.24, 2.45) is 0 Å². The second-order valence-corrected chi connectivity index (χ2v) is 5.02. The topological polar surface area (TPSA) is 37.4 Å². The van der Waals surface area contributed by atoms with Gasteiger partial charge in [-0.05, 0) is 18.2 Å². The Balaban J connectivity index is 3.29. The monoisotopic (exact) mass is 221 g/mol. The van der Waals surface area contributed by atoms with E-state index in [0.29, 0.717) is 6.07 Å². The summed E-state index contributed by atoms with van der Waals surface area (Å²) in [6.07, 6.45) is 0. The van der Waals surface area contributed by atoms with E-state index in [1.807, 2.05) is 0 Å². The number of hydrogen-bond donors (Lipinski definition) is 0. The van der Waals surface area contributed by atoms with Gasteiger partial charge in [-0.2, -0.15) is 0 Å². The van der Waals surface area contributed by atoms with E-state index >= 15 is 0 Å². The first-order valence-electron chi connectivity index (χ1n) is 3.73. The first-order valence-corrected chi connectivity index (χ1v) is 5.17. The fourth-order valence-electron chi connectivity index (χ4n) is 0.848. The summed E-state index contributed by atoms with van der Waals surface area (Å²) >= 11 is 0. The van der Waals surface area contributed by atoms with Gasteiger partial charge in [0.15, 0.2) is 11.6 Å².